The summed E-state index contributed by atoms with van der Waals surface area (Å²) in [6, 6.07) is 6.43. The topological polar surface area (TPSA) is 62.2 Å². The van der Waals surface area contributed by atoms with Crippen molar-refractivity contribution in [3.05, 3.63) is 59.3 Å². The Hall–Kier alpha value is -1.99. The Kier molecular flexibility index (Phi) is 5.46. The van der Waals surface area contributed by atoms with Crippen LogP contribution in [-0.2, 0) is 0 Å². The van der Waals surface area contributed by atoms with Crippen LogP contribution in [0, 0.1) is 11.6 Å². The predicted molar refractivity (Wildman–Crippen MR) is 79.7 cm³/mol. The fraction of sp³-hybridized carbons (Fsp3) is 0.200. The monoisotopic (exact) mass is 324 g/mol. The number of nitrogens with zero attached hydrogens (tertiary/aromatic N) is 1. The van der Waals surface area contributed by atoms with E-state index in [2.05, 4.69) is 10.3 Å². The van der Waals surface area contributed by atoms with Gasteiger partial charge < -0.3 is 10.4 Å². The van der Waals surface area contributed by atoms with Crippen LogP contribution in [0.1, 0.15) is 22.0 Å². The van der Waals surface area contributed by atoms with Gasteiger partial charge in [0.2, 0.25) is 0 Å². The van der Waals surface area contributed by atoms with Gasteiger partial charge in [-0.3, -0.25) is 4.79 Å². The average molecular weight is 324 g/mol. The maximum Gasteiger partial charge on any atom is 0.251 e. The minimum atomic E-state index is -1.47. The number of carbonyl (C=O) groups excluding carboxylic acids is 1. The van der Waals surface area contributed by atoms with E-state index in [-0.39, 0.29) is 6.54 Å². The molecule has 1 amide bonds. The molecule has 0 aliphatic heterocycles. The molecule has 0 spiro atoms. The number of hydrogen-bond donors (Lipinski definition) is 2. The zero-order valence-electron chi connectivity index (χ0n) is 11.7. The van der Waals surface area contributed by atoms with Crippen LogP contribution in [0.15, 0.2) is 41.6 Å². The van der Waals surface area contributed by atoms with Crippen LogP contribution in [0.3, 0.4) is 0 Å². The van der Waals surface area contributed by atoms with Crippen molar-refractivity contribution in [2.75, 3.05) is 12.8 Å². The number of rotatable bonds is 5. The van der Waals surface area contributed by atoms with Crippen molar-refractivity contribution in [2.45, 2.75) is 11.1 Å². The highest BCUT2D eigenvalue weighted by Gasteiger charge is 2.18. The third kappa shape index (κ3) is 3.80. The van der Waals surface area contributed by atoms with Crippen molar-refractivity contribution in [2.24, 2.45) is 0 Å². The van der Waals surface area contributed by atoms with E-state index < -0.39 is 29.2 Å². The molecule has 1 unspecified atom stereocenters. The quantitative estimate of drug-likeness (QED) is 0.830. The second-order valence-corrected chi connectivity index (χ2v) is 5.27. The smallest absolute Gasteiger partial charge is 0.251 e. The molecule has 4 nitrogen and oxygen atoms in total. The fourth-order valence-electron chi connectivity index (χ4n) is 1.88. The van der Waals surface area contributed by atoms with Crippen LogP contribution in [-0.4, -0.2) is 28.8 Å². The van der Waals surface area contributed by atoms with E-state index in [1.54, 1.807) is 6.07 Å². The second-order valence-electron chi connectivity index (χ2n) is 4.45. The second kappa shape index (κ2) is 7.33. The molecule has 0 radical (unpaired) electrons. The summed E-state index contributed by atoms with van der Waals surface area (Å²) < 4.78 is 27.0. The number of carbonyl (C=O) groups is 1. The molecule has 0 saturated heterocycles. The third-order valence-corrected chi connectivity index (χ3v) is 3.64. The minimum absolute atomic E-state index is 0.298. The van der Waals surface area contributed by atoms with Gasteiger partial charge in [0, 0.05) is 18.3 Å². The highest BCUT2D eigenvalue weighted by molar-refractivity contribution is 7.98. The number of thioether (sulfide) groups is 1. The van der Waals surface area contributed by atoms with E-state index in [4.69, 9.17) is 0 Å². The number of aromatic nitrogens is 1. The number of pyridine rings is 1. The van der Waals surface area contributed by atoms with Gasteiger partial charge >= 0.3 is 0 Å². The van der Waals surface area contributed by atoms with Crippen LogP contribution in [0.4, 0.5) is 8.78 Å². The number of amides is 1. The van der Waals surface area contributed by atoms with Gasteiger partial charge in [0.05, 0.1) is 10.6 Å². The van der Waals surface area contributed by atoms with Crippen molar-refractivity contribution in [1.29, 1.82) is 0 Å². The van der Waals surface area contributed by atoms with E-state index >= 15 is 0 Å². The molecule has 7 heteroatoms. The first-order chi connectivity index (χ1) is 10.5. The molecule has 22 heavy (non-hydrogen) atoms. The number of benzene rings is 1. The standard InChI is InChI=1S/C15H14F2N2O2S/c1-22-13-7-9(5-6-18-13)15(21)19-8-12(20)14-10(16)3-2-4-11(14)17/h2-7,12,20H,8H2,1H3,(H,19,21). The molecule has 0 aliphatic carbocycles. The van der Waals surface area contributed by atoms with E-state index in [1.165, 1.54) is 30.1 Å². The van der Waals surface area contributed by atoms with Crippen LogP contribution < -0.4 is 5.32 Å². The Morgan fingerprint density at radius 1 is 1.36 bits per heavy atom. The molecule has 1 atom stereocenters. The van der Waals surface area contributed by atoms with E-state index in [1.807, 2.05) is 6.26 Å². The number of hydrogen-bond acceptors (Lipinski definition) is 4. The fourth-order valence-corrected chi connectivity index (χ4v) is 2.30. The summed E-state index contributed by atoms with van der Waals surface area (Å²) in [6.07, 6.45) is 1.86. The first kappa shape index (κ1) is 16.4. The molecule has 0 bridgehead atoms. The lowest BCUT2D eigenvalue weighted by Crippen LogP contribution is -2.29. The zero-order valence-corrected chi connectivity index (χ0v) is 12.5. The van der Waals surface area contributed by atoms with Crippen molar-refractivity contribution in [1.82, 2.24) is 10.3 Å². The molecule has 2 aromatic rings. The minimum Gasteiger partial charge on any atom is -0.386 e. The normalized spacial score (nSPS) is 12.0. The largest absolute Gasteiger partial charge is 0.386 e. The van der Waals surface area contributed by atoms with E-state index in [9.17, 15) is 18.7 Å². The molecule has 1 aromatic heterocycles. The molecule has 2 N–H and O–H groups in total. The van der Waals surface area contributed by atoms with Gasteiger partial charge in [0.15, 0.2) is 0 Å². The molecule has 0 fully saturated rings. The van der Waals surface area contributed by atoms with E-state index in [0.29, 0.717) is 10.6 Å². The van der Waals surface area contributed by atoms with Crippen molar-refractivity contribution in [3.63, 3.8) is 0 Å². The number of nitrogens with one attached hydrogen (secondary N) is 1. The van der Waals surface area contributed by atoms with Crippen molar-refractivity contribution in [3.8, 4) is 0 Å². The summed E-state index contributed by atoms with van der Waals surface area (Å²) in [5, 5.41) is 13.0. The Morgan fingerprint density at radius 2 is 2.05 bits per heavy atom. The Balaban J connectivity index is 2.04. The van der Waals surface area contributed by atoms with Crippen LogP contribution in [0.25, 0.3) is 0 Å². The SMILES string of the molecule is CSc1cc(C(=O)NCC(O)c2c(F)cccc2F)ccn1. The van der Waals surface area contributed by atoms with Gasteiger partial charge in [-0.25, -0.2) is 13.8 Å². The molecule has 1 heterocycles. The lowest BCUT2D eigenvalue weighted by atomic mass is 10.1. The first-order valence-electron chi connectivity index (χ1n) is 6.43. The zero-order chi connectivity index (χ0) is 16.1. The van der Waals surface area contributed by atoms with Gasteiger partial charge in [0.25, 0.3) is 5.91 Å². The van der Waals surface area contributed by atoms with Gasteiger partial charge in [-0.1, -0.05) is 6.07 Å². The summed E-state index contributed by atoms with van der Waals surface area (Å²) >= 11 is 1.39. The maximum atomic E-state index is 13.5. The van der Waals surface area contributed by atoms with Crippen LogP contribution >= 0.6 is 11.8 Å². The Morgan fingerprint density at radius 3 is 2.68 bits per heavy atom. The van der Waals surface area contributed by atoms with Crippen LogP contribution in [0.5, 0.6) is 0 Å². The first-order valence-corrected chi connectivity index (χ1v) is 7.65. The molecular formula is C15H14F2N2O2S. The number of halogens is 2. The molecule has 1 aromatic carbocycles. The summed E-state index contributed by atoms with van der Waals surface area (Å²) in [5.74, 6) is -2.15. The molecule has 0 aliphatic rings. The maximum absolute atomic E-state index is 13.5. The molecule has 2 rings (SSSR count). The van der Waals surface area contributed by atoms with Gasteiger partial charge in [0.1, 0.15) is 17.7 Å². The number of aliphatic hydroxyl groups is 1. The van der Waals surface area contributed by atoms with Gasteiger partial charge in [-0.2, -0.15) is 0 Å². The molecule has 0 saturated carbocycles. The average Bonchev–Trinajstić information content (AvgIpc) is 2.52. The predicted octanol–water partition coefficient (Wildman–Crippen LogP) is 2.55. The van der Waals surface area contributed by atoms with Crippen molar-refractivity contribution >= 4 is 17.7 Å². The lowest BCUT2D eigenvalue weighted by molar-refractivity contribution is 0.0911. The van der Waals surface area contributed by atoms with Gasteiger partial charge in [-0.15, -0.1) is 11.8 Å². The third-order valence-electron chi connectivity index (χ3n) is 3.00. The summed E-state index contributed by atoms with van der Waals surface area (Å²) in [6.45, 7) is -0.298. The van der Waals surface area contributed by atoms with Gasteiger partial charge in [-0.05, 0) is 30.5 Å². The molecule has 116 valence electrons. The Labute approximate surface area is 130 Å². The molecular weight excluding hydrogens is 310 g/mol. The van der Waals surface area contributed by atoms with Crippen molar-refractivity contribution < 1.29 is 18.7 Å². The van der Waals surface area contributed by atoms with Crippen LogP contribution in [0.2, 0.25) is 0 Å². The highest BCUT2D eigenvalue weighted by atomic mass is 32.2. The highest BCUT2D eigenvalue weighted by Crippen LogP contribution is 2.20. The Bertz CT molecular complexity index is 662. The van der Waals surface area contributed by atoms with E-state index in [0.717, 1.165) is 12.1 Å². The summed E-state index contributed by atoms with van der Waals surface area (Å²) in [7, 11) is 0. The summed E-state index contributed by atoms with van der Waals surface area (Å²) in [5.41, 5.74) is -0.0945. The summed E-state index contributed by atoms with van der Waals surface area (Å²) in [4.78, 5) is 16.0. The number of aliphatic hydroxyl groups excluding tert-OH is 1. The lowest BCUT2D eigenvalue weighted by Gasteiger charge is -2.14.